The van der Waals surface area contributed by atoms with Crippen LogP contribution < -0.4 is 0 Å². The molecule has 5 heteroatoms. The summed E-state index contributed by atoms with van der Waals surface area (Å²) in [5, 5.41) is 0. The third-order valence-corrected chi connectivity index (χ3v) is 4.47. The molecule has 4 rings (SSSR count). The second-order valence-corrected chi connectivity index (χ2v) is 6.01. The first-order valence-electron chi connectivity index (χ1n) is 7.82. The zero-order chi connectivity index (χ0) is 15.8. The summed E-state index contributed by atoms with van der Waals surface area (Å²) < 4.78 is 28.9. The van der Waals surface area contributed by atoms with Crippen LogP contribution in [0.1, 0.15) is 30.1 Å². The Balaban J connectivity index is 1.65. The maximum Gasteiger partial charge on any atom is 0.136 e. The minimum absolute atomic E-state index is 0.235. The van der Waals surface area contributed by atoms with Gasteiger partial charge in [0.15, 0.2) is 0 Å². The lowest BCUT2D eigenvalue weighted by Gasteiger charge is -2.25. The summed E-state index contributed by atoms with van der Waals surface area (Å²) in [7, 11) is 0. The van der Waals surface area contributed by atoms with Crippen molar-refractivity contribution in [2.75, 3.05) is 6.54 Å². The standard InChI is InChI=1S/C18H17F2N3/c19-14-9-13(10-15(20)11-14)12-22-7-2-4-16(22)17-3-1-5-18-21-6-8-23(17)18/h1,3,5-6,8-11,16H,2,4,7,12H2. The smallest absolute Gasteiger partial charge is 0.136 e. The number of likely N-dealkylation sites (tertiary alicyclic amines) is 1. The number of hydrogen-bond donors (Lipinski definition) is 0. The molecule has 0 saturated carbocycles. The lowest BCUT2D eigenvalue weighted by atomic mass is 10.1. The van der Waals surface area contributed by atoms with Crippen LogP contribution in [0.15, 0.2) is 48.8 Å². The van der Waals surface area contributed by atoms with Gasteiger partial charge in [0.05, 0.1) is 6.04 Å². The van der Waals surface area contributed by atoms with Crippen molar-refractivity contribution in [3.63, 3.8) is 0 Å². The molecule has 0 aliphatic carbocycles. The quantitative estimate of drug-likeness (QED) is 0.730. The lowest BCUT2D eigenvalue weighted by molar-refractivity contribution is 0.242. The first-order chi connectivity index (χ1) is 11.2. The van der Waals surface area contributed by atoms with Crippen molar-refractivity contribution in [1.82, 2.24) is 14.3 Å². The fourth-order valence-electron chi connectivity index (χ4n) is 3.53. The predicted molar refractivity (Wildman–Crippen MR) is 83.9 cm³/mol. The first-order valence-corrected chi connectivity index (χ1v) is 7.82. The molecule has 118 valence electrons. The van der Waals surface area contributed by atoms with Crippen LogP contribution in [0.2, 0.25) is 0 Å². The van der Waals surface area contributed by atoms with Gasteiger partial charge in [0.2, 0.25) is 0 Å². The van der Waals surface area contributed by atoms with Gasteiger partial charge in [-0.3, -0.25) is 4.90 Å². The van der Waals surface area contributed by atoms with Gasteiger partial charge in [-0.2, -0.15) is 0 Å². The van der Waals surface area contributed by atoms with E-state index in [1.54, 1.807) is 6.20 Å². The Bertz CT molecular complexity index is 823. The zero-order valence-corrected chi connectivity index (χ0v) is 12.6. The van der Waals surface area contributed by atoms with E-state index < -0.39 is 11.6 Å². The highest BCUT2D eigenvalue weighted by Crippen LogP contribution is 2.33. The van der Waals surface area contributed by atoms with Crippen molar-refractivity contribution in [1.29, 1.82) is 0 Å². The Hall–Kier alpha value is -2.27. The molecule has 3 nitrogen and oxygen atoms in total. The Morgan fingerprint density at radius 2 is 1.96 bits per heavy atom. The van der Waals surface area contributed by atoms with Gasteiger partial charge in [0, 0.05) is 30.7 Å². The largest absolute Gasteiger partial charge is 0.302 e. The van der Waals surface area contributed by atoms with Gasteiger partial charge in [-0.15, -0.1) is 0 Å². The monoisotopic (exact) mass is 313 g/mol. The predicted octanol–water partition coefficient (Wildman–Crippen LogP) is 3.95. The van der Waals surface area contributed by atoms with Gasteiger partial charge in [-0.05, 0) is 49.2 Å². The summed E-state index contributed by atoms with van der Waals surface area (Å²) in [5.74, 6) is -1.04. The van der Waals surface area contributed by atoms with E-state index in [0.717, 1.165) is 31.1 Å². The Morgan fingerprint density at radius 3 is 2.78 bits per heavy atom. The minimum Gasteiger partial charge on any atom is -0.302 e. The third-order valence-electron chi connectivity index (χ3n) is 4.47. The Morgan fingerprint density at radius 1 is 1.13 bits per heavy atom. The number of hydrogen-bond acceptors (Lipinski definition) is 2. The highest BCUT2D eigenvalue weighted by atomic mass is 19.1. The van der Waals surface area contributed by atoms with E-state index in [1.807, 2.05) is 18.3 Å². The fraction of sp³-hybridized carbons (Fsp3) is 0.278. The molecular formula is C18H17F2N3. The molecule has 23 heavy (non-hydrogen) atoms. The van der Waals surface area contributed by atoms with Crippen LogP contribution in [0.3, 0.4) is 0 Å². The zero-order valence-electron chi connectivity index (χ0n) is 12.6. The van der Waals surface area contributed by atoms with Crippen molar-refractivity contribution in [2.24, 2.45) is 0 Å². The van der Waals surface area contributed by atoms with Crippen LogP contribution in [0, 0.1) is 11.6 Å². The maximum absolute atomic E-state index is 13.4. The molecule has 1 aliphatic heterocycles. The maximum atomic E-state index is 13.4. The average molecular weight is 313 g/mol. The van der Waals surface area contributed by atoms with Gasteiger partial charge in [0.25, 0.3) is 0 Å². The van der Waals surface area contributed by atoms with Crippen molar-refractivity contribution in [3.8, 4) is 0 Å². The molecule has 1 atom stereocenters. The average Bonchev–Trinajstić information content (AvgIpc) is 3.14. The van der Waals surface area contributed by atoms with Gasteiger partial charge >= 0.3 is 0 Å². The summed E-state index contributed by atoms with van der Waals surface area (Å²) in [5.41, 5.74) is 2.77. The highest BCUT2D eigenvalue weighted by molar-refractivity contribution is 5.40. The number of rotatable bonds is 3. The molecule has 1 aromatic carbocycles. The van der Waals surface area contributed by atoms with Crippen molar-refractivity contribution >= 4 is 5.65 Å². The molecule has 1 fully saturated rings. The topological polar surface area (TPSA) is 20.5 Å². The van der Waals surface area contributed by atoms with E-state index in [2.05, 4.69) is 20.4 Å². The van der Waals surface area contributed by atoms with Crippen molar-refractivity contribution in [2.45, 2.75) is 25.4 Å². The summed E-state index contributed by atoms with van der Waals surface area (Å²) >= 11 is 0. The number of nitrogens with zero attached hydrogens (tertiary/aromatic N) is 3. The number of halogens is 2. The van der Waals surface area contributed by atoms with Gasteiger partial charge in [-0.25, -0.2) is 13.8 Å². The van der Waals surface area contributed by atoms with E-state index in [-0.39, 0.29) is 6.04 Å². The van der Waals surface area contributed by atoms with Crippen LogP contribution in [0.4, 0.5) is 8.78 Å². The van der Waals surface area contributed by atoms with Crippen LogP contribution in [0.25, 0.3) is 5.65 Å². The molecule has 0 radical (unpaired) electrons. The highest BCUT2D eigenvalue weighted by Gasteiger charge is 2.27. The molecule has 2 aromatic heterocycles. The summed E-state index contributed by atoms with van der Waals surface area (Å²) in [6, 6.07) is 10.1. The number of benzene rings is 1. The van der Waals surface area contributed by atoms with E-state index in [9.17, 15) is 8.78 Å². The second kappa shape index (κ2) is 5.74. The van der Waals surface area contributed by atoms with Gasteiger partial charge in [-0.1, -0.05) is 6.07 Å². The van der Waals surface area contributed by atoms with Crippen molar-refractivity contribution < 1.29 is 8.78 Å². The van der Waals surface area contributed by atoms with E-state index >= 15 is 0 Å². The van der Waals surface area contributed by atoms with Crippen LogP contribution in [-0.2, 0) is 6.54 Å². The molecule has 0 N–H and O–H groups in total. The van der Waals surface area contributed by atoms with Gasteiger partial charge in [0.1, 0.15) is 17.3 Å². The summed E-state index contributed by atoms with van der Waals surface area (Å²) in [6.07, 6.45) is 5.87. The normalized spacial score (nSPS) is 18.8. The number of imidazole rings is 1. The molecular weight excluding hydrogens is 296 g/mol. The number of pyridine rings is 1. The second-order valence-electron chi connectivity index (χ2n) is 6.01. The van der Waals surface area contributed by atoms with E-state index in [0.29, 0.717) is 12.1 Å². The Kier molecular flexibility index (Phi) is 3.58. The molecule has 0 amide bonds. The SMILES string of the molecule is Fc1cc(F)cc(CN2CCCC2c2cccc3nccn23)c1. The minimum atomic E-state index is -0.521. The molecule has 0 bridgehead atoms. The third kappa shape index (κ3) is 2.72. The fourth-order valence-corrected chi connectivity index (χ4v) is 3.53. The van der Waals surface area contributed by atoms with Crippen LogP contribution >= 0.6 is 0 Å². The Labute approximate surface area is 133 Å². The first kappa shape index (κ1) is 14.3. The van der Waals surface area contributed by atoms with Crippen molar-refractivity contribution in [3.05, 3.63) is 71.7 Å². The molecule has 1 saturated heterocycles. The molecule has 3 heterocycles. The number of fused-ring (bicyclic) bond motifs is 1. The summed E-state index contributed by atoms with van der Waals surface area (Å²) in [6.45, 7) is 1.47. The molecule has 3 aromatic rings. The van der Waals surface area contributed by atoms with Gasteiger partial charge < -0.3 is 4.40 Å². The van der Waals surface area contributed by atoms with E-state index in [1.165, 1.54) is 17.8 Å². The summed E-state index contributed by atoms with van der Waals surface area (Å²) in [4.78, 5) is 6.61. The van der Waals surface area contributed by atoms with E-state index in [4.69, 9.17) is 0 Å². The lowest BCUT2D eigenvalue weighted by Crippen LogP contribution is -2.24. The molecule has 1 aliphatic rings. The molecule has 1 unspecified atom stereocenters. The number of aromatic nitrogens is 2. The van der Waals surface area contributed by atoms with Crippen LogP contribution in [0.5, 0.6) is 0 Å². The van der Waals surface area contributed by atoms with Crippen LogP contribution in [-0.4, -0.2) is 20.8 Å². The molecule has 0 spiro atoms.